The number of halogens is 1. The zero-order chi connectivity index (χ0) is 14.0. The van der Waals surface area contributed by atoms with E-state index in [1.54, 1.807) is 11.3 Å². The molecule has 2 aromatic heterocycles. The molecule has 104 valence electrons. The highest BCUT2D eigenvalue weighted by atomic mass is 35.5. The van der Waals surface area contributed by atoms with Crippen LogP contribution in [-0.4, -0.2) is 9.78 Å². The van der Waals surface area contributed by atoms with Crippen LogP contribution in [0.1, 0.15) is 36.9 Å². The van der Waals surface area contributed by atoms with Crippen LogP contribution in [0.15, 0.2) is 12.1 Å². The van der Waals surface area contributed by atoms with Gasteiger partial charge in [0.15, 0.2) is 0 Å². The van der Waals surface area contributed by atoms with Gasteiger partial charge in [0.25, 0.3) is 0 Å². The summed E-state index contributed by atoms with van der Waals surface area (Å²) < 4.78 is 2.74. The molecule has 0 aliphatic rings. The zero-order valence-electron chi connectivity index (χ0n) is 11.4. The van der Waals surface area contributed by atoms with Gasteiger partial charge in [-0.2, -0.15) is 5.10 Å². The fraction of sp³-hybridized carbons (Fsp3) is 0.462. The minimum Gasteiger partial charge on any atom is -0.394 e. The standard InChI is InChI=1S/C13H19ClN4S/c1-4-7-18-13(12(15)9(3)17-18)16-8(2)10-5-6-11(14)19-10/h5-6,8,16H,4,7,15H2,1-3H3. The minimum atomic E-state index is 0.159. The van der Waals surface area contributed by atoms with E-state index in [0.29, 0.717) is 0 Å². The smallest absolute Gasteiger partial charge is 0.148 e. The summed E-state index contributed by atoms with van der Waals surface area (Å²) in [4.78, 5) is 1.19. The Morgan fingerprint density at radius 2 is 2.26 bits per heavy atom. The Hall–Kier alpha value is -1.20. The molecule has 4 nitrogen and oxygen atoms in total. The maximum absolute atomic E-state index is 6.10. The first kappa shape index (κ1) is 14.2. The lowest BCUT2D eigenvalue weighted by molar-refractivity contribution is 0.599. The molecule has 2 heterocycles. The van der Waals surface area contributed by atoms with Gasteiger partial charge in [-0.05, 0) is 32.4 Å². The number of nitrogens with two attached hydrogens (primary N) is 1. The molecule has 0 aromatic carbocycles. The maximum Gasteiger partial charge on any atom is 0.148 e. The minimum absolute atomic E-state index is 0.159. The van der Waals surface area contributed by atoms with Gasteiger partial charge in [0.05, 0.1) is 21.8 Å². The second kappa shape index (κ2) is 5.84. The second-order valence-electron chi connectivity index (χ2n) is 4.58. The van der Waals surface area contributed by atoms with Crippen LogP contribution in [0.3, 0.4) is 0 Å². The number of rotatable bonds is 5. The number of thiophene rings is 1. The fourth-order valence-electron chi connectivity index (χ4n) is 1.96. The molecule has 0 aliphatic heterocycles. The lowest BCUT2D eigenvalue weighted by Crippen LogP contribution is -2.12. The Morgan fingerprint density at radius 3 is 2.84 bits per heavy atom. The van der Waals surface area contributed by atoms with E-state index in [1.807, 2.05) is 23.7 Å². The molecule has 0 radical (unpaired) electrons. The van der Waals surface area contributed by atoms with Crippen molar-refractivity contribution in [2.45, 2.75) is 39.8 Å². The lowest BCUT2D eigenvalue weighted by atomic mass is 10.2. The highest BCUT2D eigenvalue weighted by Gasteiger charge is 2.16. The summed E-state index contributed by atoms with van der Waals surface area (Å²) >= 11 is 7.55. The van der Waals surface area contributed by atoms with Gasteiger partial charge in [-0.25, -0.2) is 4.68 Å². The van der Waals surface area contributed by atoms with Crippen molar-refractivity contribution in [2.75, 3.05) is 11.1 Å². The summed E-state index contributed by atoms with van der Waals surface area (Å²) in [6.07, 6.45) is 1.02. The summed E-state index contributed by atoms with van der Waals surface area (Å²) in [6, 6.07) is 4.11. The predicted molar refractivity (Wildman–Crippen MR) is 83.0 cm³/mol. The monoisotopic (exact) mass is 298 g/mol. The Kier molecular flexibility index (Phi) is 4.37. The Labute approximate surface area is 122 Å². The third-order valence-electron chi connectivity index (χ3n) is 2.98. The molecule has 0 spiro atoms. The molecule has 2 aromatic rings. The predicted octanol–water partition coefficient (Wildman–Crippen LogP) is 4.07. The molecule has 0 saturated carbocycles. The van der Waals surface area contributed by atoms with Crippen molar-refractivity contribution in [3.8, 4) is 0 Å². The number of nitrogens with one attached hydrogen (secondary N) is 1. The fourth-order valence-corrected chi connectivity index (χ4v) is 3.02. The molecule has 1 unspecified atom stereocenters. The maximum atomic E-state index is 6.10. The molecule has 0 bridgehead atoms. The van der Waals surface area contributed by atoms with Crippen molar-refractivity contribution in [3.63, 3.8) is 0 Å². The highest BCUT2D eigenvalue weighted by Crippen LogP contribution is 2.31. The van der Waals surface area contributed by atoms with Gasteiger partial charge in [0.1, 0.15) is 5.82 Å². The molecular formula is C13H19ClN4S. The molecular weight excluding hydrogens is 280 g/mol. The molecule has 19 heavy (non-hydrogen) atoms. The molecule has 3 N–H and O–H groups in total. The first-order valence-electron chi connectivity index (χ1n) is 6.37. The van der Waals surface area contributed by atoms with Crippen molar-refractivity contribution in [3.05, 3.63) is 27.0 Å². The zero-order valence-corrected chi connectivity index (χ0v) is 13.0. The summed E-state index contributed by atoms with van der Waals surface area (Å²) in [6.45, 7) is 7.01. The molecule has 0 saturated heterocycles. The second-order valence-corrected chi connectivity index (χ2v) is 6.33. The van der Waals surface area contributed by atoms with E-state index in [-0.39, 0.29) is 6.04 Å². The number of hydrogen-bond acceptors (Lipinski definition) is 4. The third kappa shape index (κ3) is 3.04. The molecule has 0 fully saturated rings. The van der Waals surface area contributed by atoms with Gasteiger partial charge in [-0.15, -0.1) is 11.3 Å². The van der Waals surface area contributed by atoms with Crippen LogP contribution in [0.4, 0.5) is 11.5 Å². The average molecular weight is 299 g/mol. The topological polar surface area (TPSA) is 55.9 Å². The van der Waals surface area contributed by atoms with E-state index >= 15 is 0 Å². The number of aryl methyl sites for hydroxylation is 2. The Bertz CT molecular complexity index is 561. The van der Waals surface area contributed by atoms with Gasteiger partial charge >= 0.3 is 0 Å². The Morgan fingerprint density at radius 1 is 1.53 bits per heavy atom. The van der Waals surface area contributed by atoms with Gasteiger partial charge in [0.2, 0.25) is 0 Å². The number of nitrogen functional groups attached to an aromatic ring is 1. The Balaban J connectivity index is 2.22. The van der Waals surface area contributed by atoms with E-state index in [1.165, 1.54) is 4.88 Å². The van der Waals surface area contributed by atoms with Crippen molar-refractivity contribution >= 4 is 34.4 Å². The quantitative estimate of drug-likeness (QED) is 0.875. The van der Waals surface area contributed by atoms with E-state index < -0.39 is 0 Å². The summed E-state index contributed by atoms with van der Waals surface area (Å²) in [5.74, 6) is 0.899. The van der Waals surface area contributed by atoms with Crippen molar-refractivity contribution in [2.24, 2.45) is 0 Å². The van der Waals surface area contributed by atoms with Crippen LogP contribution in [-0.2, 0) is 6.54 Å². The van der Waals surface area contributed by atoms with Crippen LogP contribution in [0.25, 0.3) is 0 Å². The SMILES string of the molecule is CCCn1nc(C)c(N)c1NC(C)c1ccc(Cl)s1. The van der Waals surface area contributed by atoms with Gasteiger partial charge in [0, 0.05) is 11.4 Å². The van der Waals surface area contributed by atoms with Gasteiger partial charge in [-0.3, -0.25) is 0 Å². The average Bonchev–Trinajstić information content (AvgIpc) is 2.90. The van der Waals surface area contributed by atoms with Crippen molar-refractivity contribution in [1.29, 1.82) is 0 Å². The van der Waals surface area contributed by atoms with E-state index in [9.17, 15) is 0 Å². The van der Waals surface area contributed by atoms with Gasteiger partial charge in [-0.1, -0.05) is 18.5 Å². The van der Waals surface area contributed by atoms with Crippen LogP contribution in [0.2, 0.25) is 4.34 Å². The molecule has 2 rings (SSSR count). The largest absolute Gasteiger partial charge is 0.394 e. The normalized spacial score (nSPS) is 12.6. The van der Waals surface area contributed by atoms with E-state index in [2.05, 4.69) is 24.3 Å². The van der Waals surface area contributed by atoms with Crippen LogP contribution >= 0.6 is 22.9 Å². The molecule has 1 atom stereocenters. The van der Waals surface area contributed by atoms with Gasteiger partial charge < -0.3 is 11.1 Å². The summed E-state index contributed by atoms with van der Waals surface area (Å²) in [7, 11) is 0. The lowest BCUT2D eigenvalue weighted by Gasteiger charge is -2.15. The summed E-state index contributed by atoms with van der Waals surface area (Å²) in [5.41, 5.74) is 7.69. The third-order valence-corrected chi connectivity index (χ3v) is 4.40. The number of anilines is 2. The first-order chi connectivity index (χ1) is 9.02. The summed E-state index contributed by atoms with van der Waals surface area (Å²) in [5, 5.41) is 7.90. The highest BCUT2D eigenvalue weighted by molar-refractivity contribution is 7.16. The first-order valence-corrected chi connectivity index (χ1v) is 7.57. The van der Waals surface area contributed by atoms with Crippen LogP contribution < -0.4 is 11.1 Å². The van der Waals surface area contributed by atoms with Crippen molar-refractivity contribution in [1.82, 2.24) is 9.78 Å². The number of nitrogens with zero attached hydrogens (tertiary/aromatic N) is 2. The van der Waals surface area contributed by atoms with Crippen LogP contribution in [0.5, 0.6) is 0 Å². The molecule has 0 amide bonds. The van der Waals surface area contributed by atoms with Crippen LogP contribution in [0, 0.1) is 6.92 Å². The molecule has 6 heteroatoms. The molecule has 0 aliphatic carbocycles. The number of hydrogen-bond donors (Lipinski definition) is 2. The van der Waals surface area contributed by atoms with E-state index in [0.717, 1.165) is 34.5 Å². The number of aromatic nitrogens is 2. The van der Waals surface area contributed by atoms with E-state index in [4.69, 9.17) is 17.3 Å². The van der Waals surface area contributed by atoms with Crippen molar-refractivity contribution < 1.29 is 0 Å².